The zero-order chi connectivity index (χ0) is 18.4. The highest BCUT2D eigenvalue weighted by Crippen LogP contribution is 2.18. The SMILES string of the molecule is CCc1ccccc1OCC(=O)NC1CCN(S(=O)(=O)N(C)C)CC1. The molecule has 1 aromatic rings. The summed E-state index contributed by atoms with van der Waals surface area (Å²) in [5.74, 6) is 0.548. The van der Waals surface area contributed by atoms with E-state index in [9.17, 15) is 13.2 Å². The highest BCUT2D eigenvalue weighted by atomic mass is 32.2. The highest BCUT2D eigenvalue weighted by Gasteiger charge is 2.29. The normalized spacial score (nSPS) is 16.8. The van der Waals surface area contributed by atoms with Gasteiger partial charge in [0.2, 0.25) is 0 Å². The van der Waals surface area contributed by atoms with E-state index >= 15 is 0 Å². The summed E-state index contributed by atoms with van der Waals surface area (Å²) in [7, 11) is -0.332. The van der Waals surface area contributed by atoms with Crippen LogP contribution in [-0.2, 0) is 21.4 Å². The zero-order valence-electron chi connectivity index (χ0n) is 15.1. The van der Waals surface area contributed by atoms with Gasteiger partial charge in [-0.15, -0.1) is 0 Å². The molecule has 1 aromatic carbocycles. The third kappa shape index (κ3) is 5.17. The van der Waals surface area contributed by atoms with Crippen LogP contribution in [0.3, 0.4) is 0 Å². The van der Waals surface area contributed by atoms with Crippen LogP contribution in [0.25, 0.3) is 0 Å². The van der Waals surface area contributed by atoms with Crippen LogP contribution in [0.4, 0.5) is 0 Å². The van der Waals surface area contributed by atoms with Gasteiger partial charge in [0.1, 0.15) is 5.75 Å². The highest BCUT2D eigenvalue weighted by molar-refractivity contribution is 7.86. The Bertz CT molecular complexity index is 683. The number of amides is 1. The fraction of sp³-hybridized carbons (Fsp3) is 0.588. The molecule has 1 amide bonds. The van der Waals surface area contributed by atoms with E-state index in [0.717, 1.165) is 17.7 Å². The number of nitrogens with one attached hydrogen (secondary N) is 1. The monoisotopic (exact) mass is 369 g/mol. The summed E-state index contributed by atoms with van der Waals surface area (Å²) in [4.78, 5) is 12.1. The van der Waals surface area contributed by atoms with Crippen molar-refractivity contribution in [1.82, 2.24) is 13.9 Å². The maximum absolute atomic E-state index is 12.1. The van der Waals surface area contributed by atoms with Gasteiger partial charge in [-0.3, -0.25) is 4.79 Å². The van der Waals surface area contributed by atoms with Gasteiger partial charge in [-0.05, 0) is 30.9 Å². The second kappa shape index (κ2) is 8.64. The summed E-state index contributed by atoms with van der Waals surface area (Å²) in [6, 6.07) is 7.64. The van der Waals surface area contributed by atoms with E-state index in [-0.39, 0.29) is 18.6 Å². The standard InChI is InChI=1S/C17H27N3O4S/c1-4-14-7-5-6-8-16(14)24-13-17(21)18-15-9-11-20(12-10-15)25(22,23)19(2)3/h5-8,15H,4,9-13H2,1-3H3,(H,18,21). The number of piperidine rings is 1. The second-order valence-corrected chi connectivity index (χ2v) is 8.42. The van der Waals surface area contributed by atoms with Crippen LogP contribution in [0, 0.1) is 0 Å². The summed E-state index contributed by atoms with van der Waals surface area (Å²) >= 11 is 0. The first-order valence-corrected chi connectivity index (χ1v) is 9.92. The number of rotatable bonds is 7. The Morgan fingerprint density at radius 3 is 2.52 bits per heavy atom. The molecule has 0 aromatic heterocycles. The van der Waals surface area contributed by atoms with E-state index in [1.807, 2.05) is 31.2 Å². The minimum atomic E-state index is -3.38. The first-order chi connectivity index (χ1) is 11.8. The fourth-order valence-corrected chi connectivity index (χ4v) is 3.95. The fourth-order valence-electron chi connectivity index (χ4n) is 2.81. The van der Waals surface area contributed by atoms with E-state index in [0.29, 0.717) is 25.9 Å². The lowest BCUT2D eigenvalue weighted by Crippen LogP contribution is -2.50. The Balaban J connectivity index is 1.79. The summed E-state index contributed by atoms with van der Waals surface area (Å²) in [6.45, 7) is 2.82. The van der Waals surface area contributed by atoms with Crippen molar-refractivity contribution in [2.45, 2.75) is 32.2 Å². The van der Waals surface area contributed by atoms with Crippen molar-refractivity contribution in [1.29, 1.82) is 0 Å². The molecule has 140 valence electrons. The predicted octanol–water partition coefficient (Wildman–Crippen LogP) is 1.01. The van der Waals surface area contributed by atoms with Gasteiger partial charge in [-0.1, -0.05) is 25.1 Å². The molecule has 1 N–H and O–H groups in total. The Labute approximate surface area is 150 Å². The molecular weight excluding hydrogens is 342 g/mol. The topological polar surface area (TPSA) is 79.0 Å². The Hall–Kier alpha value is -1.64. The van der Waals surface area contributed by atoms with Crippen LogP contribution >= 0.6 is 0 Å². The number of carbonyl (C=O) groups excluding carboxylic acids is 1. The molecule has 2 rings (SSSR count). The maximum Gasteiger partial charge on any atom is 0.281 e. The molecular formula is C17H27N3O4S. The molecule has 0 unspecified atom stereocenters. The van der Waals surface area contributed by atoms with E-state index in [2.05, 4.69) is 5.32 Å². The van der Waals surface area contributed by atoms with Crippen LogP contribution in [0.1, 0.15) is 25.3 Å². The van der Waals surface area contributed by atoms with Crippen LogP contribution in [0.5, 0.6) is 5.75 Å². The van der Waals surface area contributed by atoms with Crippen LogP contribution < -0.4 is 10.1 Å². The van der Waals surface area contributed by atoms with Gasteiger partial charge in [0.05, 0.1) is 0 Å². The molecule has 7 nitrogen and oxygen atoms in total. The molecule has 1 fully saturated rings. The van der Waals surface area contributed by atoms with Crippen molar-refractivity contribution in [2.75, 3.05) is 33.8 Å². The quantitative estimate of drug-likeness (QED) is 0.778. The smallest absolute Gasteiger partial charge is 0.281 e. The molecule has 1 aliphatic rings. The van der Waals surface area contributed by atoms with Gasteiger partial charge in [-0.2, -0.15) is 17.0 Å². The second-order valence-electron chi connectivity index (χ2n) is 6.28. The number of para-hydroxylation sites is 1. The number of nitrogens with zero attached hydrogens (tertiary/aromatic N) is 2. The lowest BCUT2D eigenvalue weighted by atomic mass is 10.1. The van der Waals surface area contributed by atoms with Crippen LogP contribution in [-0.4, -0.2) is 62.8 Å². The molecule has 0 atom stereocenters. The van der Waals surface area contributed by atoms with Gasteiger partial charge in [0.15, 0.2) is 6.61 Å². The molecule has 0 radical (unpaired) electrons. The summed E-state index contributed by atoms with van der Waals surface area (Å²) in [5, 5.41) is 2.93. The summed E-state index contributed by atoms with van der Waals surface area (Å²) in [5.41, 5.74) is 1.07. The Kier molecular flexibility index (Phi) is 6.80. The number of ether oxygens (including phenoxy) is 1. The van der Waals surface area contributed by atoms with Gasteiger partial charge in [0.25, 0.3) is 16.1 Å². The van der Waals surface area contributed by atoms with Crippen LogP contribution in [0.2, 0.25) is 0 Å². The van der Waals surface area contributed by atoms with Crippen LogP contribution in [0.15, 0.2) is 24.3 Å². The van der Waals surface area contributed by atoms with Gasteiger partial charge < -0.3 is 10.1 Å². The first-order valence-electron chi connectivity index (χ1n) is 8.52. The predicted molar refractivity (Wildman–Crippen MR) is 96.7 cm³/mol. The van der Waals surface area contributed by atoms with Crippen molar-refractivity contribution in [3.05, 3.63) is 29.8 Å². The molecule has 0 saturated carbocycles. The average Bonchev–Trinajstić information content (AvgIpc) is 2.60. The number of hydrogen-bond donors (Lipinski definition) is 1. The van der Waals surface area contributed by atoms with Crippen molar-refractivity contribution >= 4 is 16.1 Å². The van der Waals surface area contributed by atoms with Gasteiger partial charge in [-0.25, -0.2) is 0 Å². The molecule has 25 heavy (non-hydrogen) atoms. The minimum absolute atomic E-state index is 0.0221. The number of carbonyl (C=O) groups is 1. The molecule has 0 aliphatic carbocycles. The molecule has 8 heteroatoms. The third-order valence-corrected chi connectivity index (χ3v) is 6.26. The van der Waals surface area contributed by atoms with Gasteiger partial charge >= 0.3 is 0 Å². The van der Waals surface area contributed by atoms with E-state index in [4.69, 9.17) is 4.74 Å². The first kappa shape index (κ1) is 19.7. The summed E-state index contributed by atoms with van der Waals surface area (Å²) < 4.78 is 32.4. The molecule has 0 spiro atoms. The zero-order valence-corrected chi connectivity index (χ0v) is 15.9. The van der Waals surface area contributed by atoms with E-state index < -0.39 is 10.2 Å². The number of aryl methyl sites for hydroxylation is 1. The molecule has 1 heterocycles. The lowest BCUT2D eigenvalue weighted by Gasteiger charge is -2.33. The van der Waals surface area contributed by atoms with Crippen molar-refractivity contribution < 1.29 is 17.9 Å². The molecule has 0 bridgehead atoms. The Morgan fingerprint density at radius 1 is 1.28 bits per heavy atom. The van der Waals surface area contributed by atoms with Crippen molar-refractivity contribution in [3.63, 3.8) is 0 Å². The number of hydrogen-bond acceptors (Lipinski definition) is 4. The van der Waals surface area contributed by atoms with Gasteiger partial charge in [0, 0.05) is 33.2 Å². The Morgan fingerprint density at radius 2 is 1.92 bits per heavy atom. The minimum Gasteiger partial charge on any atom is -0.483 e. The average molecular weight is 369 g/mol. The van der Waals surface area contributed by atoms with Crippen molar-refractivity contribution in [3.8, 4) is 5.75 Å². The molecule has 1 aliphatic heterocycles. The lowest BCUT2D eigenvalue weighted by molar-refractivity contribution is -0.124. The number of benzene rings is 1. The largest absolute Gasteiger partial charge is 0.483 e. The van der Waals surface area contributed by atoms with E-state index in [1.165, 1.54) is 22.7 Å². The maximum atomic E-state index is 12.1. The molecule has 1 saturated heterocycles. The third-order valence-electron chi connectivity index (χ3n) is 4.32. The van der Waals surface area contributed by atoms with E-state index in [1.54, 1.807) is 0 Å². The summed E-state index contributed by atoms with van der Waals surface area (Å²) in [6.07, 6.45) is 2.05. The van der Waals surface area contributed by atoms with Crippen molar-refractivity contribution in [2.24, 2.45) is 0 Å².